The van der Waals surface area contributed by atoms with Gasteiger partial charge in [-0.2, -0.15) is 0 Å². The zero-order valence-corrected chi connectivity index (χ0v) is 12.1. The Balaban J connectivity index is 2.12. The number of hydrogen-bond donors (Lipinski definition) is 0. The molecule has 100 valence electrons. The van der Waals surface area contributed by atoms with Gasteiger partial charge in [-0.25, -0.2) is 0 Å². The van der Waals surface area contributed by atoms with Crippen LogP contribution in [0.3, 0.4) is 0 Å². The van der Waals surface area contributed by atoms with E-state index in [9.17, 15) is 0 Å². The van der Waals surface area contributed by atoms with Crippen LogP contribution in [0.5, 0.6) is 5.75 Å². The van der Waals surface area contributed by atoms with Gasteiger partial charge in [-0.3, -0.25) is 4.98 Å². The number of rotatable bonds is 4. The predicted molar refractivity (Wildman–Crippen MR) is 78.6 cm³/mol. The van der Waals surface area contributed by atoms with Crippen molar-refractivity contribution in [3.8, 4) is 5.75 Å². The topological polar surface area (TPSA) is 22.1 Å². The van der Waals surface area contributed by atoms with Crippen molar-refractivity contribution in [2.45, 2.75) is 40.2 Å². The van der Waals surface area contributed by atoms with Crippen LogP contribution in [0.2, 0.25) is 0 Å². The van der Waals surface area contributed by atoms with Crippen LogP contribution in [-0.4, -0.2) is 4.98 Å². The molecule has 0 atom stereocenters. The first-order valence-corrected chi connectivity index (χ1v) is 6.70. The van der Waals surface area contributed by atoms with Crippen LogP contribution in [0.25, 0.3) is 0 Å². The third-order valence-corrected chi connectivity index (χ3v) is 3.20. The molecule has 2 heteroatoms. The van der Waals surface area contributed by atoms with Gasteiger partial charge in [0.2, 0.25) is 0 Å². The van der Waals surface area contributed by atoms with Crippen molar-refractivity contribution in [1.82, 2.24) is 4.98 Å². The van der Waals surface area contributed by atoms with Gasteiger partial charge in [-0.05, 0) is 48.6 Å². The molecule has 2 nitrogen and oxygen atoms in total. The Morgan fingerprint density at radius 2 is 1.89 bits per heavy atom. The summed E-state index contributed by atoms with van der Waals surface area (Å²) in [6.07, 6.45) is 3.71. The van der Waals surface area contributed by atoms with Gasteiger partial charge in [0, 0.05) is 18.0 Å². The summed E-state index contributed by atoms with van der Waals surface area (Å²) in [5.74, 6) is 1.48. The average Bonchev–Trinajstić information content (AvgIpc) is 2.37. The van der Waals surface area contributed by atoms with Crippen molar-refractivity contribution in [2.24, 2.45) is 0 Å². The fraction of sp³-hybridized carbons (Fsp3) is 0.353. The molecule has 1 aromatic heterocycles. The maximum atomic E-state index is 5.93. The number of nitrogens with zero attached hydrogens (tertiary/aromatic N) is 1. The Kier molecular flexibility index (Phi) is 4.20. The Hall–Kier alpha value is -1.83. The van der Waals surface area contributed by atoms with E-state index in [1.54, 1.807) is 0 Å². The summed E-state index contributed by atoms with van der Waals surface area (Å²) < 4.78 is 5.93. The normalized spacial score (nSPS) is 10.8. The maximum Gasteiger partial charge on any atom is 0.123 e. The first kappa shape index (κ1) is 13.6. The number of benzene rings is 1. The van der Waals surface area contributed by atoms with Crippen molar-refractivity contribution >= 4 is 0 Å². The lowest BCUT2D eigenvalue weighted by Gasteiger charge is -2.13. The molecule has 1 heterocycles. The van der Waals surface area contributed by atoms with E-state index in [1.165, 1.54) is 11.1 Å². The van der Waals surface area contributed by atoms with Gasteiger partial charge < -0.3 is 4.74 Å². The highest BCUT2D eigenvalue weighted by Gasteiger charge is 2.05. The van der Waals surface area contributed by atoms with Crippen molar-refractivity contribution in [1.29, 1.82) is 0 Å². The van der Waals surface area contributed by atoms with Crippen LogP contribution in [0.15, 0.2) is 36.7 Å². The predicted octanol–water partition coefficient (Wildman–Crippen LogP) is 4.40. The maximum absolute atomic E-state index is 5.93. The van der Waals surface area contributed by atoms with Crippen molar-refractivity contribution in [2.75, 3.05) is 0 Å². The highest BCUT2D eigenvalue weighted by Crippen LogP contribution is 2.25. The fourth-order valence-corrected chi connectivity index (χ4v) is 1.99. The van der Waals surface area contributed by atoms with E-state index in [0.29, 0.717) is 12.5 Å². The molecule has 0 fully saturated rings. The van der Waals surface area contributed by atoms with E-state index in [0.717, 1.165) is 16.9 Å². The molecular formula is C17H21NO. The zero-order valence-electron chi connectivity index (χ0n) is 12.1. The second-order valence-electron chi connectivity index (χ2n) is 5.34. The smallest absolute Gasteiger partial charge is 0.123 e. The van der Waals surface area contributed by atoms with E-state index < -0.39 is 0 Å². The first-order valence-electron chi connectivity index (χ1n) is 6.70. The van der Waals surface area contributed by atoms with Gasteiger partial charge in [0.15, 0.2) is 0 Å². The molecule has 0 saturated carbocycles. The number of hydrogen-bond acceptors (Lipinski definition) is 2. The minimum absolute atomic E-state index is 0.517. The zero-order chi connectivity index (χ0) is 13.8. The van der Waals surface area contributed by atoms with Gasteiger partial charge in [0.1, 0.15) is 12.4 Å². The molecule has 0 unspecified atom stereocenters. The van der Waals surface area contributed by atoms with Crippen molar-refractivity contribution in [3.05, 3.63) is 58.9 Å². The molecule has 0 amide bonds. The summed E-state index contributed by atoms with van der Waals surface area (Å²) in [7, 11) is 0. The van der Waals surface area contributed by atoms with E-state index in [1.807, 2.05) is 19.3 Å². The highest BCUT2D eigenvalue weighted by atomic mass is 16.5. The van der Waals surface area contributed by atoms with Gasteiger partial charge >= 0.3 is 0 Å². The van der Waals surface area contributed by atoms with Crippen molar-refractivity contribution in [3.63, 3.8) is 0 Å². The molecule has 19 heavy (non-hydrogen) atoms. The average molecular weight is 255 g/mol. The van der Waals surface area contributed by atoms with E-state index in [4.69, 9.17) is 4.74 Å². The first-order chi connectivity index (χ1) is 9.06. The highest BCUT2D eigenvalue weighted by molar-refractivity contribution is 5.38. The molecule has 1 aromatic carbocycles. The third-order valence-electron chi connectivity index (χ3n) is 3.20. The van der Waals surface area contributed by atoms with Crippen LogP contribution < -0.4 is 4.74 Å². The Morgan fingerprint density at radius 1 is 1.11 bits per heavy atom. The van der Waals surface area contributed by atoms with Gasteiger partial charge in [0.25, 0.3) is 0 Å². The van der Waals surface area contributed by atoms with Gasteiger partial charge in [-0.15, -0.1) is 0 Å². The third kappa shape index (κ3) is 3.57. The minimum Gasteiger partial charge on any atom is -0.489 e. The lowest BCUT2D eigenvalue weighted by Crippen LogP contribution is -1.99. The standard InChI is InChI=1S/C17H21NO/c1-12(2)16-6-5-14(4)17(8-16)19-11-15-7-13(3)9-18-10-15/h5-10,12H,11H2,1-4H3. The lowest BCUT2D eigenvalue weighted by atomic mass is 10.0. The second kappa shape index (κ2) is 5.87. The number of ether oxygens (including phenoxy) is 1. The minimum atomic E-state index is 0.517. The molecule has 0 radical (unpaired) electrons. The Morgan fingerprint density at radius 3 is 2.58 bits per heavy atom. The summed E-state index contributed by atoms with van der Waals surface area (Å²) in [6.45, 7) is 9.07. The van der Waals surface area contributed by atoms with Gasteiger partial charge in [-0.1, -0.05) is 26.0 Å². The molecule has 0 N–H and O–H groups in total. The molecule has 2 rings (SSSR count). The molecule has 0 bridgehead atoms. The summed E-state index contributed by atoms with van der Waals surface area (Å²) in [5, 5.41) is 0. The number of aromatic nitrogens is 1. The van der Waals surface area contributed by atoms with Crippen LogP contribution in [0, 0.1) is 13.8 Å². The van der Waals surface area contributed by atoms with Crippen LogP contribution >= 0.6 is 0 Å². The summed E-state index contributed by atoms with van der Waals surface area (Å²) in [5.41, 5.74) is 4.75. The molecular weight excluding hydrogens is 234 g/mol. The summed E-state index contributed by atoms with van der Waals surface area (Å²) in [6, 6.07) is 8.54. The lowest BCUT2D eigenvalue weighted by molar-refractivity contribution is 0.303. The van der Waals surface area contributed by atoms with E-state index in [-0.39, 0.29) is 0 Å². The molecule has 2 aromatic rings. The molecule has 0 aliphatic heterocycles. The monoisotopic (exact) mass is 255 g/mol. The van der Waals surface area contributed by atoms with Crippen LogP contribution in [0.1, 0.15) is 42.0 Å². The van der Waals surface area contributed by atoms with Gasteiger partial charge in [0.05, 0.1) is 0 Å². The summed E-state index contributed by atoms with van der Waals surface area (Å²) >= 11 is 0. The largest absolute Gasteiger partial charge is 0.489 e. The molecule has 0 saturated heterocycles. The summed E-state index contributed by atoms with van der Waals surface area (Å²) in [4.78, 5) is 4.18. The van der Waals surface area contributed by atoms with Crippen LogP contribution in [-0.2, 0) is 6.61 Å². The fourth-order valence-electron chi connectivity index (χ4n) is 1.99. The number of aryl methyl sites for hydroxylation is 2. The molecule has 0 aliphatic carbocycles. The Labute approximate surface area is 115 Å². The molecule has 0 spiro atoms. The van der Waals surface area contributed by atoms with Crippen LogP contribution in [0.4, 0.5) is 0 Å². The Bertz CT molecular complexity index is 561. The SMILES string of the molecule is Cc1cncc(COc2cc(C(C)C)ccc2C)c1. The van der Waals surface area contributed by atoms with E-state index >= 15 is 0 Å². The second-order valence-corrected chi connectivity index (χ2v) is 5.34. The number of pyridine rings is 1. The molecule has 0 aliphatic rings. The van der Waals surface area contributed by atoms with E-state index in [2.05, 4.69) is 50.0 Å². The quantitative estimate of drug-likeness (QED) is 0.807. The van der Waals surface area contributed by atoms with Crippen molar-refractivity contribution < 1.29 is 4.74 Å².